The molecule has 2 fully saturated rings. The number of rotatable bonds is 5. The number of hydrogen-bond acceptors (Lipinski definition) is 9. The molecule has 3 amide bonds. The first-order valence-electron chi connectivity index (χ1n) is 13.2. The van der Waals surface area contributed by atoms with E-state index in [9.17, 15) is 19.5 Å². The number of aliphatic hydroxyl groups is 1. The van der Waals surface area contributed by atoms with E-state index in [-0.39, 0.29) is 31.2 Å². The molecule has 3 aromatic rings. The molecule has 208 valence electrons. The summed E-state index contributed by atoms with van der Waals surface area (Å²) >= 11 is 6.50. The SMILES string of the molecule is CC1(C)CN(Cc2ccc(-c3ncon3)c(Cl)c2)CC[C@]1(O)c1ccc2c(n1)CN([C@@H]1CCC(=O)NC1=O)C2=O. The Hall–Kier alpha value is -3.67. The van der Waals surface area contributed by atoms with E-state index in [0.29, 0.717) is 59.4 Å². The van der Waals surface area contributed by atoms with Crippen LogP contribution in [0.15, 0.2) is 41.2 Å². The average molecular weight is 565 g/mol. The number of amides is 3. The van der Waals surface area contributed by atoms with Crippen molar-refractivity contribution in [3.63, 3.8) is 0 Å². The van der Waals surface area contributed by atoms with Crippen LogP contribution in [0.25, 0.3) is 11.4 Å². The van der Waals surface area contributed by atoms with Gasteiger partial charge in [0.2, 0.25) is 24.0 Å². The maximum absolute atomic E-state index is 13.1. The quantitative estimate of drug-likeness (QED) is 0.447. The van der Waals surface area contributed by atoms with Crippen LogP contribution >= 0.6 is 11.6 Å². The normalized spacial score (nSPS) is 24.8. The number of halogens is 1. The topological polar surface area (TPSA) is 142 Å². The van der Waals surface area contributed by atoms with Crippen molar-refractivity contribution >= 4 is 29.3 Å². The maximum atomic E-state index is 13.1. The molecule has 0 bridgehead atoms. The van der Waals surface area contributed by atoms with Crippen LogP contribution in [0.5, 0.6) is 0 Å². The van der Waals surface area contributed by atoms with Crippen LogP contribution in [0.2, 0.25) is 5.02 Å². The lowest BCUT2D eigenvalue weighted by Crippen LogP contribution is -2.55. The minimum absolute atomic E-state index is 0.164. The highest BCUT2D eigenvalue weighted by molar-refractivity contribution is 6.33. The maximum Gasteiger partial charge on any atom is 0.256 e. The number of imide groups is 1. The van der Waals surface area contributed by atoms with Gasteiger partial charge in [-0.1, -0.05) is 36.7 Å². The van der Waals surface area contributed by atoms with Crippen molar-refractivity contribution in [3.05, 3.63) is 64.3 Å². The Labute approximate surface area is 235 Å². The molecule has 5 heterocycles. The lowest BCUT2D eigenvalue weighted by molar-refractivity contribution is -0.137. The van der Waals surface area contributed by atoms with Crippen LogP contribution in [-0.2, 0) is 28.3 Å². The van der Waals surface area contributed by atoms with E-state index in [2.05, 4.69) is 20.4 Å². The Balaban J connectivity index is 1.17. The molecular weight excluding hydrogens is 536 g/mol. The minimum atomic E-state index is -1.22. The average Bonchev–Trinajstić information content (AvgIpc) is 3.54. The van der Waals surface area contributed by atoms with Gasteiger partial charge in [-0.15, -0.1) is 0 Å². The summed E-state index contributed by atoms with van der Waals surface area (Å²) < 4.78 is 4.82. The van der Waals surface area contributed by atoms with Gasteiger partial charge < -0.3 is 14.5 Å². The van der Waals surface area contributed by atoms with Gasteiger partial charge in [0.15, 0.2) is 0 Å². The molecular formula is C28H29ClN6O5. The molecule has 12 heteroatoms. The summed E-state index contributed by atoms with van der Waals surface area (Å²) in [5, 5.41) is 18.7. The van der Waals surface area contributed by atoms with Crippen molar-refractivity contribution in [2.75, 3.05) is 13.1 Å². The third-order valence-electron chi connectivity index (χ3n) is 8.37. The predicted octanol–water partition coefficient (Wildman–Crippen LogP) is 2.67. The number of aromatic nitrogens is 3. The van der Waals surface area contributed by atoms with E-state index in [1.807, 2.05) is 32.0 Å². The first-order valence-corrected chi connectivity index (χ1v) is 13.6. The van der Waals surface area contributed by atoms with Gasteiger partial charge in [0, 0.05) is 37.0 Å². The highest BCUT2D eigenvalue weighted by Crippen LogP contribution is 2.46. The fourth-order valence-corrected chi connectivity index (χ4v) is 6.38. The Morgan fingerprint density at radius 3 is 2.67 bits per heavy atom. The Morgan fingerprint density at radius 2 is 1.98 bits per heavy atom. The van der Waals surface area contributed by atoms with Gasteiger partial charge in [0.1, 0.15) is 11.6 Å². The molecule has 2 saturated heterocycles. The lowest BCUT2D eigenvalue weighted by Gasteiger charge is -2.50. The zero-order valence-electron chi connectivity index (χ0n) is 22.2. The number of piperidine rings is 2. The van der Waals surface area contributed by atoms with Crippen LogP contribution < -0.4 is 5.32 Å². The summed E-state index contributed by atoms with van der Waals surface area (Å²) in [6, 6.07) is 8.47. The number of hydrogen-bond donors (Lipinski definition) is 2. The Bertz CT molecular complexity index is 1510. The largest absolute Gasteiger partial charge is 0.383 e. The highest BCUT2D eigenvalue weighted by Gasteiger charge is 2.50. The number of pyridine rings is 1. The number of likely N-dealkylation sites (tertiary alicyclic amines) is 1. The number of nitrogens with one attached hydrogen (secondary N) is 1. The number of benzene rings is 1. The molecule has 6 rings (SSSR count). The van der Waals surface area contributed by atoms with Crippen molar-refractivity contribution in [3.8, 4) is 11.4 Å². The zero-order chi connectivity index (χ0) is 28.2. The molecule has 3 aliphatic rings. The molecule has 1 aromatic carbocycles. The molecule has 11 nitrogen and oxygen atoms in total. The molecule has 2 N–H and O–H groups in total. The van der Waals surface area contributed by atoms with Gasteiger partial charge in [0.05, 0.1) is 28.5 Å². The highest BCUT2D eigenvalue weighted by atomic mass is 35.5. The summed E-state index contributed by atoms with van der Waals surface area (Å²) in [5.41, 5.74) is 1.42. The number of carbonyl (C=O) groups is 3. The summed E-state index contributed by atoms with van der Waals surface area (Å²) in [7, 11) is 0. The van der Waals surface area contributed by atoms with Crippen molar-refractivity contribution < 1.29 is 24.0 Å². The standard InChI is InChI=1S/C28H29ClN6O5/c1-27(2)14-34(12-16-3-4-17(19(29)11-16)24-30-15-40-33-24)10-9-28(27,39)22-7-5-18-20(31-22)13-35(26(18)38)21-6-8-23(36)32-25(21)37/h3-5,7,11,15,21,39H,6,8-10,12-14H2,1-2H3,(H,32,36,37)/t21-,28+/m1/s1. The van der Waals surface area contributed by atoms with Gasteiger partial charge in [-0.05, 0) is 42.7 Å². The van der Waals surface area contributed by atoms with Crippen LogP contribution in [0, 0.1) is 5.41 Å². The van der Waals surface area contributed by atoms with Gasteiger partial charge in [-0.25, -0.2) is 0 Å². The van der Waals surface area contributed by atoms with Crippen molar-refractivity contribution in [1.29, 1.82) is 0 Å². The lowest BCUT2D eigenvalue weighted by atomic mass is 9.68. The first-order chi connectivity index (χ1) is 19.1. The minimum Gasteiger partial charge on any atom is -0.383 e. The summed E-state index contributed by atoms with van der Waals surface area (Å²) in [6.45, 7) is 6.08. The number of nitrogens with zero attached hydrogens (tertiary/aromatic N) is 5. The van der Waals surface area contributed by atoms with E-state index in [1.54, 1.807) is 12.1 Å². The smallest absolute Gasteiger partial charge is 0.256 e. The predicted molar refractivity (Wildman–Crippen MR) is 143 cm³/mol. The van der Waals surface area contributed by atoms with Crippen LogP contribution in [0.1, 0.15) is 60.4 Å². The Kier molecular flexibility index (Phi) is 6.47. The van der Waals surface area contributed by atoms with E-state index < -0.39 is 23.0 Å². The molecule has 40 heavy (non-hydrogen) atoms. The fourth-order valence-electron chi connectivity index (χ4n) is 6.09. The molecule has 0 aliphatic carbocycles. The van der Waals surface area contributed by atoms with Gasteiger partial charge in [-0.2, -0.15) is 4.98 Å². The zero-order valence-corrected chi connectivity index (χ0v) is 22.9. The molecule has 3 aliphatic heterocycles. The third-order valence-corrected chi connectivity index (χ3v) is 8.68. The second-order valence-corrected chi connectivity index (χ2v) is 11.8. The van der Waals surface area contributed by atoms with E-state index in [1.165, 1.54) is 11.3 Å². The summed E-state index contributed by atoms with van der Waals surface area (Å²) in [4.78, 5) is 49.6. The van der Waals surface area contributed by atoms with E-state index >= 15 is 0 Å². The summed E-state index contributed by atoms with van der Waals surface area (Å²) in [5.74, 6) is -0.640. The van der Waals surface area contributed by atoms with Crippen molar-refractivity contribution in [1.82, 2.24) is 30.2 Å². The molecule has 0 spiro atoms. The number of carbonyl (C=O) groups excluding carboxylic acids is 3. The summed E-state index contributed by atoms with van der Waals surface area (Å²) in [6.07, 6.45) is 2.19. The van der Waals surface area contributed by atoms with Gasteiger partial charge >= 0.3 is 0 Å². The molecule has 2 aromatic heterocycles. The van der Waals surface area contributed by atoms with Gasteiger partial charge in [0.25, 0.3) is 5.91 Å². The van der Waals surface area contributed by atoms with Crippen LogP contribution in [-0.4, -0.2) is 66.9 Å². The monoisotopic (exact) mass is 564 g/mol. The van der Waals surface area contributed by atoms with E-state index in [4.69, 9.17) is 21.1 Å². The van der Waals surface area contributed by atoms with E-state index in [0.717, 1.165) is 5.56 Å². The molecule has 0 unspecified atom stereocenters. The first kappa shape index (κ1) is 26.5. The Morgan fingerprint density at radius 1 is 1.18 bits per heavy atom. The second-order valence-electron chi connectivity index (χ2n) is 11.4. The third kappa shape index (κ3) is 4.47. The van der Waals surface area contributed by atoms with Crippen LogP contribution in [0.4, 0.5) is 0 Å². The fraction of sp³-hybridized carbons (Fsp3) is 0.429. The molecule has 0 radical (unpaired) electrons. The second kappa shape index (κ2) is 9.76. The molecule has 0 saturated carbocycles. The molecule has 2 atom stereocenters. The van der Waals surface area contributed by atoms with Crippen molar-refractivity contribution in [2.24, 2.45) is 5.41 Å². The van der Waals surface area contributed by atoms with Crippen molar-refractivity contribution in [2.45, 2.75) is 57.8 Å². The number of fused-ring (bicyclic) bond motifs is 1. The van der Waals surface area contributed by atoms with Crippen LogP contribution in [0.3, 0.4) is 0 Å². The van der Waals surface area contributed by atoms with Gasteiger partial charge in [-0.3, -0.25) is 29.6 Å².